The molecule has 7 nitrogen and oxygen atoms in total. The summed E-state index contributed by atoms with van der Waals surface area (Å²) < 4.78 is 9.77. The van der Waals surface area contributed by atoms with Crippen LogP contribution in [0.25, 0.3) is 0 Å². The maximum Gasteiger partial charge on any atom is 0.343 e. The van der Waals surface area contributed by atoms with Crippen molar-refractivity contribution in [1.29, 1.82) is 0 Å². The van der Waals surface area contributed by atoms with E-state index >= 15 is 0 Å². The number of amides is 2. The zero-order valence-corrected chi connectivity index (χ0v) is 14.6. The van der Waals surface area contributed by atoms with Gasteiger partial charge in [0.2, 0.25) is 0 Å². The van der Waals surface area contributed by atoms with Gasteiger partial charge in [-0.15, -0.1) is 0 Å². The van der Waals surface area contributed by atoms with Gasteiger partial charge in [0.05, 0.1) is 7.11 Å². The number of benzene rings is 2. The summed E-state index contributed by atoms with van der Waals surface area (Å²) in [6.45, 7) is 2.11. The van der Waals surface area contributed by atoms with Crippen molar-refractivity contribution in [3.63, 3.8) is 0 Å². The van der Waals surface area contributed by atoms with Gasteiger partial charge < -0.3 is 20.1 Å². The highest BCUT2D eigenvalue weighted by Gasteiger charge is 2.10. The third-order valence-electron chi connectivity index (χ3n) is 3.40. The summed E-state index contributed by atoms with van der Waals surface area (Å²) in [5, 5.41) is 5.44. The second-order valence-electron chi connectivity index (χ2n) is 5.29. The number of hydrogen-bond donors (Lipinski definition) is 2. The minimum Gasteiger partial charge on any atom is -0.482 e. The van der Waals surface area contributed by atoms with E-state index in [1.807, 2.05) is 6.92 Å². The van der Waals surface area contributed by atoms with Crippen molar-refractivity contribution in [3.05, 3.63) is 59.7 Å². The lowest BCUT2D eigenvalue weighted by atomic mass is 10.1. The first kappa shape index (κ1) is 19.0. The topological polar surface area (TPSA) is 93.7 Å². The second kappa shape index (κ2) is 9.22. The molecule has 2 aromatic rings. The smallest absolute Gasteiger partial charge is 0.343 e. The second-order valence-corrected chi connectivity index (χ2v) is 5.29. The van der Waals surface area contributed by atoms with E-state index in [9.17, 15) is 14.4 Å². The fraction of sp³-hybridized carbons (Fsp3) is 0.211. The van der Waals surface area contributed by atoms with Crippen LogP contribution in [0.3, 0.4) is 0 Å². The first-order valence-corrected chi connectivity index (χ1v) is 8.02. The predicted octanol–water partition coefficient (Wildman–Crippen LogP) is 2.24. The Morgan fingerprint density at radius 3 is 2.35 bits per heavy atom. The van der Waals surface area contributed by atoms with Gasteiger partial charge in [0.25, 0.3) is 11.8 Å². The number of nitrogens with one attached hydrogen (secondary N) is 2. The van der Waals surface area contributed by atoms with Crippen molar-refractivity contribution in [3.8, 4) is 5.75 Å². The van der Waals surface area contributed by atoms with Crippen molar-refractivity contribution in [2.45, 2.75) is 6.92 Å². The Kier molecular flexibility index (Phi) is 6.73. The summed E-state index contributed by atoms with van der Waals surface area (Å²) in [5.74, 6) is -0.704. The molecule has 0 saturated heterocycles. The van der Waals surface area contributed by atoms with Crippen LogP contribution in [-0.4, -0.2) is 38.0 Å². The lowest BCUT2D eigenvalue weighted by molar-refractivity contribution is -0.142. The van der Waals surface area contributed by atoms with Gasteiger partial charge in [0.15, 0.2) is 6.61 Å². The first-order chi connectivity index (χ1) is 12.5. The highest BCUT2D eigenvalue weighted by molar-refractivity contribution is 6.05. The molecule has 0 fully saturated rings. The van der Waals surface area contributed by atoms with Crippen LogP contribution >= 0.6 is 0 Å². The Balaban J connectivity index is 2.07. The lowest BCUT2D eigenvalue weighted by Gasteiger charge is -2.09. The van der Waals surface area contributed by atoms with Gasteiger partial charge in [-0.25, -0.2) is 4.79 Å². The van der Waals surface area contributed by atoms with E-state index in [1.165, 1.54) is 13.2 Å². The molecule has 0 heterocycles. The molecule has 0 aliphatic rings. The Morgan fingerprint density at radius 1 is 0.962 bits per heavy atom. The Hall–Kier alpha value is -3.35. The molecule has 0 radical (unpaired) electrons. The van der Waals surface area contributed by atoms with Gasteiger partial charge in [-0.05, 0) is 43.3 Å². The molecule has 7 heteroatoms. The van der Waals surface area contributed by atoms with Gasteiger partial charge in [-0.1, -0.05) is 12.1 Å². The van der Waals surface area contributed by atoms with Crippen LogP contribution in [0.5, 0.6) is 5.75 Å². The van der Waals surface area contributed by atoms with Gasteiger partial charge in [0, 0.05) is 23.4 Å². The van der Waals surface area contributed by atoms with Crippen LogP contribution in [0.1, 0.15) is 27.6 Å². The highest BCUT2D eigenvalue weighted by Crippen LogP contribution is 2.16. The molecule has 0 saturated carbocycles. The third-order valence-corrected chi connectivity index (χ3v) is 3.40. The molecule has 26 heavy (non-hydrogen) atoms. The minimum atomic E-state index is -0.512. The van der Waals surface area contributed by atoms with Crippen molar-refractivity contribution in [1.82, 2.24) is 5.32 Å². The molecule has 0 bridgehead atoms. The molecular weight excluding hydrogens is 336 g/mol. The quantitative estimate of drug-likeness (QED) is 0.742. The maximum atomic E-state index is 12.4. The van der Waals surface area contributed by atoms with Crippen molar-refractivity contribution in [2.75, 3.05) is 25.6 Å². The van der Waals surface area contributed by atoms with E-state index in [-0.39, 0.29) is 18.4 Å². The van der Waals surface area contributed by atoms with Crippen molar-refractivity contribution >= 4 is 23.5 Å². The number of ether oxygens (including phenoxy) is 2. The molecule has 0 atom stereocenters. The average molecular weight is 356 g/mol. The van der Waals surface area contributed by atoms with E-state index < -0.39 is 5.97 Å². The van der Waals surface area contributed by atoms with Crippen LogP contribution < -0.4 is 15.4 Å². The molecule has 2 amide bonds. The number of esters is 1. The Labute approximate surface area is 151 Å². The van der Waals surface area contributed by atoms with E-state index in [0.29, 0.717) is 29.1 Å². The number of carbonyl (C=O) groups excluding carboxylic acids is 3. The van der Waals surface area contributed by atoms with Crippen LogP contribution in [0.2, 0.25) is 0 Å². The molecule has 0 unspecified atom stereocenters. The van der Waals surface area contributed by atoms with Crippen LogP contribution in [0, 0.1) is 0 Å². The molecule has 0 spiro atoms. The summed E-state index contributed by atoms with van der Waals surface area (Å²) in [4.78, 5) is 35.4. The molecule has 2 aromatic carbocycles. The van der Waals surface area contributed by atoms with E-state index in [2.05, 4.69) is 15.4 Å². The van der Waals surface area contributed by atoms with E-state index in [4.69, 9.17) is 4.74 Å². The summed E-state index contributed by atoms with van der Waals surface area (Å²) >= 11 is 0. The molecular formula is C19H20N2O5. The minimum absolute atomic E-state index is 0.207. The SMILES string of the molecule is CCNC(=O)c1cccc(NC(=O)c2cccc(OCC(=O)OC)c2)c1. The Morgan fingerprint density at radius 2 is 1.65 bits per heavy atom. The lowest BCUT2D eigenvalue weighted by Crippen LogP contribution is -2.22. The normalized spacial score (nSPS) is 9.92. The van der Waals surface area contributed by atoms with Gasteiger partial charge in [-0.3, -0.25) is 9.59 Å². The molecule has 0 aliphatic heterocycles. The summed E-state index contributed by atoms with van der Waals surface area (Å²) in [7, 11) is 1.27. The van der Waals surface area contributed by atoms with Crippen LogP contribution in [0.4, 0.5) is 5.69 Å². The fourth-order valence-corrected chi connectivity index (χ4v) is 2.13. The summed E-state index contributed by atoms with van der Waals surface area (Å²) in [6.07, 6.45) is 0. The fourth-order valence-electron chi connectivity index (χ4n) is 2.13. The standard InChI is InChI=1S/C19H20N2O5/c1-3-20-18(23)13-6-4-8-15(10-13)21-19(24)14-7-5-9-16(11-14)26-12-17(22)25-2/h4-11H,3,12H2,1-2H3,(H,20,23)(H,21,24). The van der Waals surface area contributed by atoms with Gasteiger partial charge >= 0.3 is 5.97 Å². The Bertz CT molecular complexity index is 804. The highest BCUT2D eigenvalue weighted by atomic mass is 16.6. The molecule has 136 valence electrons. The summed E-state index contributed by atoms with van der Waals surface area (Å²) in [6, 6.07) is 13.1. The van der Waals surface area contributed by atoms with E-state index in [0.717, 1.165) is 0 Å². The molecule has 2 N–H and O–H groups in total. The van der Waals surface area contributed by atoms with Crippen LogP contribution in [0.15, 0.2) is 48.5 Å². The number of hydrogen-bond acceptors (Lipinski definition) is 5. The van der Waals surface area contributed by atoms with Crippen molar-refractivity contribution in [2.24, 2.45) is 0 Å². The monoisotopic (exact) mass is 356 g/mol. The number of methoxy groups -OCH3 is 1. The third kappa shape index (κ3) is 5.34. The molecule has 0 aliphatic carbocycles. The van der Waals surface area contributed by atoms with Gasteiger partial charge in [0.1, 0.15) is 5.75 Å². The zero-order valence-electron chi connectivity index (χ0n) is 14.6. The maximum absolute atomic E-state index is 12.4. The van der Waals surface area contributed by atoms with E-state index in [1.54, 1.807) is 42.5 Å². The molecule has 2 rings (SSSR count). The first-order valence-electron chi connectivity index (χ1n) is 8.02. The summed E-state index contributed by atoms with van der Waals surface area (Å²) in [5.41, 5.74) is 1.32. The average Bonchev–Trinajstić information content (AvgIpc) is 2.66. The zero-order chi connectivity index (χ0) is 18.9. The van der Waals surface area contributed by atoms with Crippen LogP contribution in [-0.2, 0) is 9.53 Å². The number of carbonyl (C=O) groups is 3. The van der Waals surface area contributed by atoms with Gasteiger partial charge in [-0.2, -0.15) is 0 Å². The van der Waals surface area contributed by atoms with Crippen molar-refractivity contribution < 1.29 is 23.9 Å². The number of rotatable bonds is 7. The largest absolute Gasteiger partial charge is 0.482 e. The number of anilines is 1. The predicted molar refractivity (Wildman–Crippen MR) is 96.4 cm³/mol. The molecule has 0 aromatic heterocycles.